The van der Waals surface area contributed by atoms with E-state index >= 15 is 0 Å². The maximum absolute atomic E-state index is 13.6. The average molecular weight is 481 g/mol. The first kappa shape index (κ1) is 25.3. The number of amides is 2. The van der Waals surface area contributed by atoms with Crippen LogP contribution in [-0.4, -0.2) is 44.1 Å². The number of benzene rings is 3. The second-order valence-corrected chi connectivity index (χ2v) is 8.21. The molecule has 1 atom stereocenters. The molecule has 7 heteroatoms. The normalized spacial score (nSPS) is 11.5. The molecular weight excluding hydrogens is 452 g/mol. The van der Waals surface area contributed by atoms with Gasteiger partial charge < -0.3 is 19.7 Å². The number of ether oxygens (including phenoxy) is 2. The number of nitrogens with one attached hydrogen (secondary N) is 1. The van der Waals surface area contributed by atoms with Gasteiger partial charge in [0.05, 0.1) is 20.1 Å². The Morgan fingerprint density at radius 3 is 2.18 bits per heavy atom. The standard InChI is InChI=1S/C27H29ClN2O4/c1-33-17-16-29-27(32)26(22-6-4-3-5-7-22)30(19-21-10-14-24(34-2)15-11-21)25(31)18-20-8-12-23(28)13-9-20/h3-15,26H,16-19H2,1-2H3,(H,29,32)/t26-/m1/s1. The molecule has 6 nitrogen and oxygen atoms in total. The SMILES string of the molecule is COCCNC(=O)[C@@H](c1ccccc1)N(Cc1ccc(OC)cc1)C(=O)Cc1ccc(Cl)cc1. The van der Waals surface area contributed by atoms with Crippen molar-refractivity contribution in [3.63, 3.8) is 0 Å². The van der Waals surface area contributed by atoms with E-state index in [-0.39, 0.29) is 24.8 Å². The third kappa shape index (κ3) is 7.07. The highest BCUT2D eigenvalue weighted by molar-refractivity contribution is 6.30. The van der Waals surface area contributed by atoms with Crippen molar-refractivity contribution in [2.24, 2.45) is 0 Å². The van der Waals surface area contributed by atoms with E-state index in [1.54, 1.807) is 31.3 Å². The molecule has 0 aliphatic rings. The van der Waals surface area contributed by atoms with E-state index in [1.807, 2.05) is 66.7 Å². The van der Waals surface area contributed by atoms with Crippen LogP contribution in [0.3, 0.4) is 0 Å². The number of hydrogen-bond donors (Lipinski definition) is 1. The topological polar surface area (TPSA) is 67.9 Å². The summed E-state index contributed by atoms with van der Waals surface area (Å²) in [5, 5.41) is 3.50. The molecule has 2 amide bonds. The first-order valence-electron chi connectivity index (χ1n) is 11.0. The van der Waals surface area contributed by atoms with E-state index in [0.717, 1.165) is 22.4 Å². The van der Waals surface area contributed by atoms with Gasteiger partial charge in [-0.15, -0.1) is 0 Å². The van der Waals surface area contributed by atoms with Crippen LogP contribution in [0.25, 0.3) is 0 Å². The van der Waals surface area contributed by atoms with Gasteiger partial charge in [0, 0.05) is 25.2 Å². The van der Waals surface area contributed by atoms with Crippen LogP contribution in [-0.2, 0) is 27.3 Å². The molecule has 0 fully saturated rings. The minimum absolute atomic E-state index is 0.141. The second kappa shape index (κ2) is 12.8. The highest BCUT2D eigenvalue weighted by atomic mass is 35.5. The lowest BCUT2D eigenvalue weighted by molar-refractivity contribution is -0.141. The Morgan fingerprint density at radius 2 is 1.56 bits per heavy atom. The van der Waals surface area contributed by atoms with E-state index in [0.29, 0.717) is 18.2 Å². The summed E-state index contributed by atoms with van der Waals surface area (Å²) < 4.78 is 10.3. The molecule has 0 unspecified atom stereocenters. The molecule has 0 saturated heterocycles. The van der Waals surface area contributed by atoms with Gasteiger partial charge >= 0.3 is 0 Å². The van der Waals surface area contributed by atoms with E-state index in [2.05, 4.69) is 5.32 Å². The van der Waals surface area contributed by atoms with Gasteiger partial charge in [0.1, 0.15) is 11.8 Å². The minimum Gasteiger partial charge on any atom is -0.497 e. The Labute approximate surface area is 205 Å². The fourth-order valence-electron chi connectivity index (χ4n) is 3.61. The predicted molar refractivity (Wildman–Crippen MR) is 133 cm³/mol. The number of hydrogen-bond acceptors (Lipinski definition) is 4. The maximum Gasteiger partial charge on any atom is 0.247 e. The molecule has 0 bridgehead atoms. The van der Waals surface area contributed by atoms with E-state index < -0.39 is 6.04 Å². The Kier molecular flexibility index (Phi) is 9.50. The summed E-state index contributed by atoms with van der Waals surface area (Å²) in [6.45, 7) is 0.985. The van der Waals surface area contributed by atoms with Crippen molar-refractivity contribution < 1.29 is 19.1 Å². The van der Waals surface area contributed by atoms with Crippen LogP contribution in [0.4, 0.5) is 0 Å². The number of carbonyl (C=O) groups is 2. The highest BCUT2D eigenvalue weighted by Gasteiger charge is 2.31. The molecule has 0 aliphatic carbocycles. The Morgan fingerprint density at radius 1 is 0.912 bits per heavy atom. The van der Waals surface area contributed by atoms with Crippen molar-refractivity contribution in [3.8, 4) is 5.75 Å². The summed E-state index contributed by atoms with van der Waals surface area (Å²) in [7, 11) is 3.18. The first-order chi connectivity index (χ1) is 16.5. The number of rotatable bonds is 11. The van der Waals surface area contributed by atoms with Gasteiger partial charge in [-0.1, -0.05) is 66.2 Å². The fourth-order valence-corrected chi connectivity index (χ4v) is 3.74. The summed E-state index contributed by atoms with van der Waals surface area (Å²) in [4.78, 5) is 28.6. The van der Waals surface area contributed by atoms with Crippen LogP contribution in [0.15, 0.2) is 78.9 Å². The third-order valence-electron chi connectivity index (χ3n) is 5.38. The molecule has 34 heavy (non-hydrogen) atoms. The summed E-state index contributed by atoms with van der Waals surface area (Å²) in [5.41, 5.74) is 2.44. The minimum atomic E-state index is -0.806. The lowest BCUT2D eigenvalue weighted by atomic mass is 10.0. The first-order valence-corrected chi connectivity index (χ1v) is 11.4. The Bertz CT molecular complexity index is 1060. The Balaban J connectivity index is 1.96. The van der Waals surface area contributed by atoms with Gasteiger partial charge in [-0.2, -0.15) is 0 Å². The molecule has 3 aromatic carbocycles. The molecule has 178 valence electrons. The number of nitrogens with zero attached hydrogens (tertiary/aromatic N) is 1. The zero-order valence-electron chi connectivity index (χ0n) is 19.4. The predicted octanol–water partition coefficient (Wildman–Crippen LogP) is 4.42. The van der Waals surface area contributed by atoms with Gasteiger partial charge in [-0.25, -0.2) is 0 Å². The average Bonchev–Trinajstić information content (AvgIpc) is 2.86. The van der Waals surface area contributed by atoms with Crippen LogP contribution in [0, 0.1) is 0 Å². The quantitative estimate of drug-likeness (QED) is 0.412. The molecule has 0 spiro atoms. The third-order valence-corrected chi connectivity index (χ3v) is 5.63. The van der Waals surface area contributed by atoms with Crippen LogP contribution in [0.2, 0.25) is 5.02 Å². The Hall–Kier alpha value is -3.35. The summed E-state index contributed by atoms with van der Waals surface area (Å²) in [6, 6.07) is 23.1. The highest BCUT2D eigenvalue weighted by Crippen LogP contribution is 2.26. The molecule has 0 radical (unpaired) electrons. The van der Waals surface area contributed by atoms with Gasteiger partial charge in [-0.05, 0) is 41.0 Å². The van der Waals surface area contributed by atoms with E-state index in [4.69, 9.17) is 21.1 Å². The summed E-state index contributed by atoms with van der Waals surface area (Å²) >= 11 is 6.01. The van der Waals surface area contributed by atoms with Gasteiger partial charge in [0.15, 0.2) is 0 Å². The van der Waals surface area contributed by atoms with E-state index in [9.17, 15) is 9.59 Å². The molecular formula is C27H29ClN2O4. The van der Waals surface area contributed by atoms with Crippen molar-refractivity contribution in [1.29, 1.82) is 0 Å². The smallest absolute Gasteiger partial charge is 0.247 e. The molecule has 1 N–H and O–H groups in total. The van der Waals surface area contributed by atoms with Crippen LogP contribution in [0.5, 0.6) is 5.75 Å². The number of methoxy groups -OCH3 is 2. The van der Waals surface area contributed by atoms with Crippen molar-refractivity contribution in [2.75, 3.05) is 27.4 Å². The van der Waals surface area contributed by atoms with Gasteiger partial charge in [0.25, 0.3) is 0 Å². The van der Waals surface area contributed by atoms with Crippen molar-refractivity contribution >= 4 is 23.4 Å². The van der Waals surface area contributed by atoms with Crippen molar-refractivity contribution in [3.05, 3.63) is 101 Å². The fraction of sp³-hybridized carbons (Fsp3) is 0.259. The van der Waals surface area contributed by atoms with Crippen LogP contribution >= 0.6 is 11.6 Å². The van der Waals surface area contributed by atoms with Gasteiger partial charge in [0.2, 0.25) is 11.8 Å². The molecule has 0 saturated carbocycles. The van der Waals surface area contributed by atoms with Crippen molar-refractivity contribution in [2.45, 2.75) is 19.0 Å². The van der Waals surface area contributed by atoms with Crippen molar-refractivity contribution in [1.82, 2.24) is 10.2 Å². The summed E-state index contributed by atoms with van der Waals surface area (Å²) in [6.07, 6.45) is 0.141. The monoisotopic (exact) mass is 480 g/mol. The molecule has 3 rings (SSSR count). The zero-order valence-corrected chi connectivity index (χ0v) is 20.1. The number of halogens is 1. The molecule has 3 aromatic rings. The molecule has 0 aromatic heterocycles. The largest absolute Gasteiger partial charge is 0.497 e. The maximum atomic E-state index is 13.6. The lowest BCUT2D eigenvalue weighted by Crippen LogP contribution is -2.44. The van der Waals surface area contributed by atoms with E-state index in [1.165, 1.54) is 0 Å². The van der Waals surface area contributed by atoms with Gasteiger partial charge in [-0.3, -0.25) is 9.59 Å². The second-order valence-electron chi connectivity index (χ2n) is 7.77. The van der Waals surface area contributed by atoms with Crippen LogP contribution < -0.4 is 10.1 Å². The molecule has 0 heterocycles. The summed E-state index contributed by atoms with van der Waals surface area (Å²) in [5.74, 6) is 0.287. The zero-order chi connectivity index (χ0) is 24.3. The number of carbonyl (C=O) groups excluding carboxylic acids is 2. The lowest BCUT2D eigenvalue weighted by Gasteiger charge is -2.32. The molecule has 0 aliphatic heterocycles. The van der Waals surface area contributed by atoms with Crippen LogP contribution in [0.1, 0.15) is 22.7 Å².